The number of aliphatic hydroxyl groups is 1. The van der Waals surface area contributed by atoms with Crippen LogP contribution in [0, 0.1) is 5.92 Å². The fraction of sp³-hybridized carbons (Fsp3) is 0.667. The lowest BCUT2D eigenvalue weighted by atomic mass is 9.85. The van der Waals surface area contributed by atoms with Gasteiger partial charge in [-0.05, 0) is 36.6 Å². The molecule has 132 valence electrons. The van der Waals surface area contributed by atoms with Crippen molar-refractivity contribution in [1.29, 1.82) is 0 Å². The van der Waals surface area contributed by atoms with E-state index in [9.17, 15) is 14.7 Å². The fourth-order valence-corrected chi connectivity index (χ4v) is 4.38. The Hall–Kier alpha value is -1.40. The van der Waals surface area contributed by atoms with Gasteiger partial charge in [0.25, 0.3) is 11.8 Å². The van der Waals surface area contributed by atoms with E-state index < -0.39 is 6.10 Å². The predicted octanol–water partition coefficient (Wildman–Crippen LogP) is 2.36. The van der Waals surface area contributed by atoms with E-state index in [0.29, 0.717) is 26.2 Å². The molecule has 2 heterocycles. The van der Waals surface area contributed by atoms with E-state index in [2.05, 4.69) is 0 Å². The van der Waals surface area contributed by atoms with E-state index in [1.54, 1.807) is 4.90 Å². The zero-order valence-electron chi connectivity index (χ0n) is 14.0. The molecule has 1 saturated heterocycles. The SMILES string of the molecule is O=C(c1ccsc1)N1CCCN(C(=O)[C@H](O)C2CCCCC2)CC1. The molecule has 24 heavy (non-hydrogen) atoms. The average Bonchev–Trinajstić information content (AvgIpc) is 3.05. The van der Waals surface area contributed by atoms with Crippen molar-refractivity contribution in [2.45, 2.75) is 44.6 Å². The summed E-state index contributed by atoms with van der Waals surface area (Å²) in [5.74, 6) is 0.00292. The van der Waals surface area contributed by atoms with Crippen molar-refractivity contribution < 1.29 is 14.7 Å². The third-order valence-electron chi connectivity index (χ3n) is 5.21. The van der Waals surface area contributed by atoms with Gasteiger partial charge < -0.3 is 14.9 Å². The third kappa shape index (κ3) is 3.98. The number of carbonyl (C=O) groups excluding carboxylic acids is 2. The molecule has 1 N–H and O–H groups in total. The van der Waals surface area contributed by atoms with E-state index in [-0.39, 0.29) is 17.7 Å². The van der Waals surface area contributed by atoms with Crippen molar-refractivity contribution in [3.05, 3.63) is 22.4 Å². The van der Waals surface area contributed by atoms with Gasteiger partial charge in [0.1, 0.15) is 6.10 Å². The molecule has 6 heteroatoms. The van der Waals surface area contributed by atoms with Crippen LogP contribution in [0.2, 0.25) is 0 Å². The van der Waals surface area contributed by atoms with Gasteiger partial charge in [-0.25, -0.2) is 0 Å². The van der Waals surface area contributed by atoms with Crippen LogP contribution < -0.4 is 0 Å². The largest absolute Gasteiger partial charge is 0.383 e. The Bertz CT molecular complexity index is 555. The summed E-state index contributed by atoms with van der Waals surface area (Å²) in [6.45, 7) is 2.34. The number of hydrogen-bond donors (Lipinski definition) is 1. The number of thiophene rings is 1. The minimum atomic E-state index is -0.871. The van der Waals surface area contributed by atoms with Crippen LogP contribution in [-0.4, -0.2) is 59.0 Å². The molecular weight excluding hydrogens is 324 g/mol. The zero-order chi connectivity index (χ0) is 16.9. The predicted molar refractivity (Wildman–Crippen MR) is 94.0 cm³/mol. The molecule has 0 aromatic carbocycles. The lowest BCUT2D eigenvalue weighted by Crippen LogP contribution is -2.45. The first-order chi connectivity index (χ1) is 11.7. The summed E-state index contributed by atoms with van der Waals surface area (Å²) in [6, 6.07) is 1.84. The van der Waals surface area contributed by atoms with Gasteiger partial charge in [-0.3, -0.25) is 9.59 Å². The minimum Gasteiger partial charge on any atom is -0.383 e. The van der Waals surface area contributed by atoms with E-state index in [0.717, 1.165) is 37.7 Å². The highest BCUT2D eigenvalue weighted by atomic mass is 32.1. The number of carbonyl (C=O) groups is 2. The zero-order valence-corrected chi connectivity index (χ0v) is 14.8. The maximum absolute atomic E-state index is 12.6. The van der Waals surface area contributed by atoms with Gasteiger partial charge in [0.15, 0.2) is 0 Å². The van der Waals surface area contributed by atoms with E-state index in [4.69, 9.17) is 0 Å². The molecule has 0 bridgehead atoms. The summed E-state index contributed by atoms with van der Waals surface area (Å²) in [7, 11) is 0. The molecule has 1 aromatic rings. The summed E-state index contributed by atoms with van der Waals surface area (Å²) in [6.07, 6.45) is 5.22. The van der Waals surface area contributed by atoms with Crippen molar-refractivity contribution in [2.24, 2.45) is 5.92 Å². The monoisotopic (exact) mass is 350 g/mol. The second kappa shape index (κ2) is 8.12. The molecule has 1 aliphatic carbocycles. The van der Waals surface area contributed by atoms with Crippen LogP contribution in [0.5, 0.6) is 0 Å². The summed E-state index contributed by atoms with van der Waals surface area (Å²) in [5.41, 5.74) is 0.724. The van der Waals surface area contributed by atoms with Gasteiger partial charge in [0.2, 0.25) is 0 Å². The second-order valence-electron chi connectivity index (χ2n) is 6.83. The van der Waals surface area contributed by atoms with Crippen molar-refractivity contribution in [3.8, 4) is 0 Å². The van der Waals surface area contributed by atoms with Crippen LogP contribution in [-0.2, 0) is 4.79 Å². The van der Waals surface area contributed by atoms with Gasteiger partial charge in [0, 0.05) is 31.6 Å². The Balaban J connectivity index is 1.56. The molecule has 1 saturated carbocycles. The second-order valence-corrected chi connectivity index (χ2v) is 7.61. The summed E-state index contributed by atoms with van der Waals surface area (Å²) >= 11 is 1.52. The maximum atomic E-state index is 12.6. The van der Waals surface area contributed by atoms with Crippen LogP contribution in [0.15, 0.2) is 16.8 Å². The minimum absolute atomic E-state index is 0.0402. The molecular formula is C18H26N2O3S. The molecule has 5 nitrogen and oxygen atoms in total. The van der Waals surface area contributed by atoms with Crippen molar-refractivity contribution in [2.75, 3.05) is 26.2 Å². The Labute approximate surface area is 147 Å². The van der Waals surface area contributed by atoms with Crippen LogP contribution in [0.3, 0.4) is 0 Å². The van der Waals surface area contributed by atoms with Crippen molar-refractivity contribution in [1.82, 2.24) is 9.80 Å². The Morgan fingerprint density at radius 2 is 1.75 bits per heavy atom. The standard InChI is InChI=1S/C18H26N2O3S/c21-16(14-5-2-1-3-6-14)18(23)20-9-4-8-19(10-11-20)17(22)15-7-12-24-13-15/h7,12-14,16,21H,1-6,8-11H2/t16-/m1/s1. The van der Waals surface area contributed by atoms with E-state index in [1.165, 1.54) is 17.8 Å². The summed E-state index contributed by atoms with van der Waals surface area (Å²) in [4.78, 5) is 28.7. The number of nitrogens with zero attached hydrogens (tertiary/aromatic N) is 2. The first-order valence-electron chi connectivity index (χ1n) is 8.95. The van der Waals surface area contributed by atoms with Gasteiger partial charge in [0.05, 0.1) is 5.56 Å². The lowest BCUT2D eigenvalue weighted by molar-refractivity contribution is -0.143. The highest BCUT2D eigenvalue weighted by Gasteiger charge is 2.32. The Morgan fingerprint density at radius 3 is 2.46 bits per heavy atom. The molecule has 0 spiro atoms. The van der Waals surface area contributed by atoms with Gasteiger partial charge in [-0.1, -0.05) is 19.3 Å². The molecule has 1 aliphatic heterocycles. The number of aliphatic hydroxyl groups excluding tert-OH is 1. The quantitative estimate of drug-likeness (QED) is 0.910. The summed E-state index contributed by atoms with van der Waals surface area (Å²) < 4.78 is 0. The summed E-state index contributed by atoms with van der Waals surface area (Å²) in [5, 5.41) is 14.2. The lowest BCUT2D eigenvalue weighted by Gasteiger charge is -2.30. The van der Waals surface area contributed by atoms with Gasteiger partial charge in [-0.2, -0.15) is 11.3 Å². The number of rotatable bonds is 3. The first kappa shape index (κ1) is 17.4. The number of hydrogen-bond acceptors (Lipinski definition) is 4. The average molecular weight is 350 g/mol. The molecule has 1 atom stereocenters. The van der Waals surface area contributed by atoms with E-state index in [1.807, 2.05) is 21.7 Å². The highest BCUT2D eigenvalue weighted by molar-refractivity contribution is 7.08. The van der Waals surface area contributed by atoms with Crippen LogP contribution in [0.1, 0.15) is 48.9 Å². The van der Waals surface area contributed by atoms with Crippen LogP contribution in [0.25, 0.3) is 0 Å². The normalized spacial score (nSPS) is 21.4. The molecule has 2 aliphatic rings. The third-order valence-corrected chi connectivity index (χ3v) is 5.90. The smallest absolute Gasteiger partial charge is 0.254 e. The Morgan fingerprint density at radius 1 is 1.04 bits per heavy atom. The first-order valence-corrected chi connectivity index (χ1v) is 9.89. The molecule has 3 rings (SSSR count). The van der Waals surface area contributed by atoms with Crippen molar-refractivity contribution in [3.63, 3.8) is 0 Å². The molecule has 2 amide bonds. The Kier molecular flexibility index (Phi) is 5.89. The van der Waals surface area contributed by atoms with Crippen molar-refractivity contribution >= 4 is 23.2 Å². The fourth-order valence-electron chi connectivity index (χ4n) is 3.75. The van der Waals surface area contributed by atoms with E-state index >= 15 is 0 Å². The molecule has 0 radical (unpaired) electrons. The number of amides is 2. The topological polar surface area (TPSA) is 60.9 Å². The molecule has 0 unspecified atom stereocenters. The molecule has 1 aromatic heterocycles. The highest BCUT2D eigenvalue weighted by Crippen LogP contribution is 2.27. The van der Waals surface area contributed by atoms with Crippen LogP contribution >= 0.6 is 11.3 Å². The molecule has 2 fully saturated rings. The van der Waals surface area contributed by atoms with Gasteiger partial charge in [-0.15, -0.1) is 0 Å². The van der Waals surface area contributed by atoms with Crippen LogP contribution in [0.4, 0.5) is 0 Å². The van der Waals surface area contributed by atoms with Gasteiger partial charge >= 0.3 is 0 Å². The maximum Gasteiger partial charge on any atom is 0.254 e.